The molecule has 2 aromatic rings. The quantitative estimate of drug-likeness (QED) is 0.617. The van der Waals surface area contributed by atoms with Gasteiger partial charge in [-0.25, -0.2) is 0 Å². The van der Waals surface area contributed by atoms with Crippen molar-refractivity contribution in [1.29, 1.82) is 0 Å². The van der Waals surface area contributed by atoms with Crippen molar-refractivity contribution in [2.75, 3.05) is 25.0 Å². The Morgan fingerprint density at radius 2 is 2.10 bits per heavy atom. The van der Waals surface area contributed by atoms with E-state index in [1.807, 2.05) is 18.2 Å². The van der Waals surface area contributed by atoms with Crippen LogP contribution in [0.3, 0.4) is 0 Å². The fourth-order valence-corrected chi connectivity index (χ4v) is 4.66. The minimum absolute atomic E-state index is 0.0138. The Labute approximate surface area is 183 Å². The monoisotopic (exact) mass is 427 g/mol. The molecule has 6 heteroatoms. The summed E-state index contributed by atoms with van der Waals surface area (Å²) < 4.78 is 0. The summed E-state index contributed by atoms with van der Waals surface area (Å²) in [4.78, 5) is 28.6. The Morgan fingerprint density at radius 3 is 2.87 bits per heavy atom. The summed E-state index contributed by atoms with van der Waals surface area (Å²) in [6, 6.07) is 11.9. The van der Waals surface area contributed by atoms with Crippen molar-refractivity contribution >= 4 is 28.8 Å². The lowest BCUT2D eigenvalue weighted by Gasteiger charge is -2.35. The first kappa shape index (κ1) is 22.5. The summed E-state index contributed by atoms with van der Waals surface area (Å²) in [6.07, 6.45) is 4.56. The van der Waals surface area contributed by atoms with Crippen LogP contribution in [0.5, 0.6) is 0 Å². The van der Waals surface area contributed by atoms with E-state index in [4.69, 9.17) is 0 Å². The summed E-state index contributed by atoms with van der Waals surface area (Å²) >= 11 is 1.72. The fourth-order valence-electron chi connectivity index (χ4n) is 3.91. The number of carbonyl (C=O) groups is 2. The van der Waals surface area contributed by atoms with Gasteiger partial charge in [-0.1, -0.05) is 12.1 Å². The van der Waals surface area contributed by atoms with Crippen LogP contribution in [0.2, 0.25) is 0 Å². The zero-order valence-corrected chi connectivity index (χ0v) is 18.8. The van der Waals surface area contributed by atoms with E-state index in [-0.39, 0.29) is 11.8 Å². The highest BCUT2D eigenvalue weighted by Gasteiger charge is 2.22. The first-order valence-corrected chi connectivity index (χ1v) is 11.8. The SMILES string of the molecule is CC(C)N1CCCC(CNC(=O)c2cccc(NC(=O)CCCc3cccs3)c2)C1. The summed E-state index contributed by atoms with van der Waals surface area (Å²) in [5, 5.41) is 8.06. The maximum Gasteiger partial charge on any atom is 0.251 e. The third kappa shape index (κ3) is 6.96. The first-order valence-electron chi connectivity index (χ1n) is 11.0. The number of nitrogens with one attached hydrogen (secondary N) is 2. The van der Waals surface area contributed by atoms with Gasteiger partial charge in [-0.3, -0.25) is 9.59 Å². The molecule has 1 unspecified atom stereocenters. The maximum absolute atomic E-state index is 12.6. The van der Waals surface area contributed by atoms with E-state index in [1.54, 1.807) is 23.5 Å². The first-order chi connectivity index (χ1) is 14.5. The van der Waals surface area contributed by atoms with Crippen LogP contribution in [-0.2, 0) is 11.2 Å². The molecule has 0 radical (unpaired) electrons. The Kier molecular flexibility index (Phi) is 8.46. The molecule has 1 aromatic heterocycles. The summed E-state index contributed by atoms with van der Waals surface area (Å²) in [5.74, 6) is 0.405. The van der Waals surface area contributed by atoms with Crippen LogP contribution in [0.25, 0.3) is 0 Å². The molecule has 3 rings (SSSR count). The molecule has 1 aliphatic heterocycles. The van der Waals surface area contributed by atoms with Gasteiger partial charge in [0.15, 0.2) is 0 Å². The topological polar surface area (TPSA) is 61.4 Å². The number of hydrogen-bond acceptors (Lipinski definition) is 4. The number of carbonyl (C=O) groups excluding carboxylic acids is 2. The molecule has 1 aromatic carbocycles. The number of nitrogens with zero attached hydrogens (tertiary/aromatic N) is 1. The Morgan fingerprint density at radius 1 is 1.23 bits per heavy atom. The predicted octanol–water partition coefficient (Wildman–Crippen LogP) is 4.56. The van der Waals surface area contributed by atoms with E-state index in [9.17, 15) is 9.59 Å². The van der Waals surface area contributed by atoms with Gasteiger partial charge < -0.3 is 15.5 Å². The van der Waals surface area contributed by atoms with E-state index in [2.05, 4.69) is 40.8 Å². The van der Waals surface area contributed by atoms with Crippen molar-refractivity contribution < 1.29 is 9.59 Å². The zero-order chi connectivity index (χ0) is 21.3. The van der Waals surface area contributed by atoms with E-state index in [0.717, 1.165) is 32.4 Å². The lowest BCUT2D eigenvalue weighted by Crippen LogP contribution is -2.43. The molecule has 5 nitrogen and oxygen atoms in total. The van der Waals surface area contributed by atoms with Crippen molar-refractivity contribution in [2.24, 2.45) is 5.92 Å². The largest absolute Gasteiger partial charge is 0.352 e. The van der Waals surface area contributed by atoms with Crippen LogP contribution in [-0.4, -0.2) is 42.4 Å². The lowest BCUT2D eigenvalue weighted by molar-refractivity contribution is -0.116. The molecule has 1 atom stereocenters. The van der Waals surface area contributed by atoms with Crippen LogP contribution >= 0.6 is 11.3 Å². The number of amides is 2. The zero-order valence-electron chi connectivity index (χ0n) is 18.0. The van der Waals surface area contributed by atoms with Gasteiger partial charge in [0.1, 0.15) is 0 Å². The molecule has 1 fully saturated rings. The number of aryl methyl sites for hydroxylation is 1. The van der Waals surface area contributed by atoms with Gasteiger partial charge in [-0.15, -0.1) is 11.3 Å². The summed E-state index contributed by atoms with van der Waals surface area (Å²) in [5.41, 5.74) is 1.26. The third-order valence-corrected chi connectivity index (χ3v) is 6.58. The van der Waals surface area contributed by atoms with Gasteiger partial charge in [-0.05, 0) is 81.6 Å². The highest BCUT2D eigenvalue weighted by molar-refractivity contribution is 7.09. The highest BCUT2D eigenvalue weighted by Crippen LogP contribution is 2.18. The molecule has 0 saturated carbocycles. The van der Waals surface area contributed by atoms with Crippen LogP contribution in [0.15, 0.2) is 41.8 Å². The second-order valence-electron chi connectivity index (χ2n) is 8.37. The molecule has 0 bridgehead atoms. The van der Waals surface area contributed by atoms with E-state index in [1.165, 1.54) is 11.3 Å². The molecular weight excluding hydrogens is 394 g/mol. The highest BCUT2D eigenvalue weighted by atomic mass is 32.1. The average molecular weight is 428 g/mol. The van der Waals surface area contributed by atoms with Crippen LogP contribution in [0, 0.1) is 5.92 Å². The van der Waals surface area contributed by atoms with Crippen LogP contribution < -0.4 is 10.6 Å². The van der Waals surface area contributed by atoms with Crippen molar-refractivity contribution in [2.45, 2.75) is 52.0 Å². The van der Waals surface area contributed by atoms with Gasteiger partial charge in [0, 0.05) is 41.7 Å². The normalized spacial score (nSPS) is 17.1. The van der Waals surface area contributed by atoms with Crippen LogP contribution in [0.4, 0.5) is 5.69 Å². The third-order valence-electron chi connectivity index (χ3n) is 5.65. The molecule has 2 N–H and O–H groups in total. The van der Waals surface area contributed by atoms with Gasteiger partial charge in [0.2, 0.25) is 5.91 Å². The number of rotatable bonds is 9. The molecular formula is C24H33N3O2S. The molecule has 1 saturated heterocycles. The molecule has 162 valence electrons. The number of piperidine rings is 1. The second kappa shape index (κ2) is 11.3. The predicted molar refractivity (Wildman–Crippen MR) is 124 cm³/mol. The Bertz CT molecular complexity index is 820. The van der Waals surface area contributed by atoms with Gasteiger partial charge >= 0.3 is 0 Å². The van der Waals surface area contributed by atoms with Crippen molar-refractivity contribution in [3.63, 3.8) is 0 Å². The summed E-state index contributed by atoms with van der Waals surface area (Å²) in [6.45, 7) is 7.34. The van der Waals surface area contributed by atoms with Crippen molar-refractivity contribution in [3.8, 4) is 0 Å². The van der Waals surface area contributed by atoms with Gasteiger partial charge in [-0.2, -0.15) is 0 Å². The molecule has 1 aliphatic rings. The molecule has 2 heterocycles. The van der Waals surface area contributed by atoms with Gasteiger partial charge in [0.05, 0.1) is 0 Å². The molecule has 30 heavy (non-hydrogen) atoms. The minimum atomic E-state index is -0.0783. The molecule has 0 aliphatic carbocycles. The standard InChI is InChI=1S/C24H33N3O2S/c1-18(2)27-13-5-7-19(17-27)16-25-24(29)20-8-3-9-21(15-20)26-23(28)12-4-10-22-11-6-14-30-22/h3,6,8-9,11,14-15,18-19H,4-5,7,10,12-13,16-17H2,1-2H3,(H,25,29)(H,26,28). The lowest BCUT2D eigenvalue weighted by atomic mass is 9.97. The Hall–Kier alpha value is -2.18. The van der Waals surface area contributed by atoms with Gasteiger partial charge in [0.25, 0.3) is 5.91 Å². The molecule has 0 spiro atoms. The van der Waals surface area contributed by atoms with Crippen LogP contribution in [0.1, 0.15) is 54.8 Å². The molecule has 2 amide bonds. The number of benzene rings is 1. The summed E-state index contributed by atoms with van der Waals surface area (Å²) in [7, 11) is 0. The van der Waals surface area contributed by atoms with Crippen molar-refractivity contribution in [3.05, 3.63) is 52.2 Å². The number of thiophene rings is 1. The Balaban J connectivity index is 1.44. The average Bonchev–Trinajstić information content (AvgIpc) is 3.26. The number of hydrogen-bond donors (Lipinski definition) is 2. The second-order valence-corrected chi connectivity index (χ2v) is 9.40. The number of anilines is 1. The fraction of sp³-hybridized carbons (Fsp3) is 0.500. The number of likely N-dealkylation sites (tertiary alicyclic amines) is 1. The minimum Gasteiger partial charge on any atom is -0.352 e. The van der Waals surface area contributed by atoms with E-state index in [0.29, 0.717) is 36.2 Å². The van der Waals surface area contributed by atoms with E-state index < -0.39 is 0 Å². The maximum atomic E-state index is 12.6. The van der Waals surface area contributed by atoms with Crippen molar-refractivity contribution in [1.82, 2.24) is 10.2 Å². The smallest absolute Gasteiger partial charge is 0.251 e. The van der Waals surface area contributed by atoms with E-state index >= 15 is 0 Å².